The van der Waals surface area contributed by atoms with Crippen LogP contribution in [0.15, 0.2) is 36.4 Å². The maximum Gasteiger partial charge on any atom is 0.255 e. The summed E-state index contributed by atoms with van der Waals surface area (Å²) >= 11 is 12.0. The Morgan fingerprint density at radius 3 is 2.48 bits per heavy atom. The lowest BCUT2D eigenvalue weighted by molar-refractivity contribution is 0.0947. The molecule has 31 heavy (non-hydrogen) atoms. The fraction of sp³-hybridized carbons (Fsp3) is 0.391. The maximum atomic E-state index is 12.9. The Morgan fingerprint density at radius 2 is 1.77 bits per heavy atom. The number of methoxy groups -OCH3 is 1. The third kappa shape index (κ3) is 6.35. The molecule has 1 saturated heterocycles. The molecule has 1 aliphatic heterocycles. The van der Waals surface area contributed by atoms with Crippen LogP contribution in [0.3, 0.4) is 0 Å². The molecule has 0 atom stereocenters. The number of rotatable bonds is 8. The van der Waals surface area contributed by atoms with Crippen LogP contribution < -0.4 is 15.5 Å². The molecule has 6 nitrogen and oxygen atoms in total. The SMILES string of the molecule is COCCCNC(=O)c1cc(NC(=O)c2ccc(Cl)c(Cl)c2)ccc1N1CCCCC1. The van der Waals surface area contributed by atoms with E-state index in [0.717, 1.165) is 38.0 Å². The lowest BCUT2D eigenvalue weighted by Crippen LogP contribution is -2.33. The number of nitrogens with one attached hydrogen (secondary N) is 2. The predicted octanol–water partition coefficient (Wildman–Crippen LogP) is 5.00. The zero-order valence-electron chi connectivity index (χ0n) is 17.5. The minimum Gasteiger partial charge on any atom is -0.385 e. The van der Waals surface area contributed by atoms with Crippen LogP contribution in [0, 0.1) is 0 Å². The van der Waals surface area contributed by atoms with Crippen molar-refractivity contribution in [3.8, 4) is 0 Å². The highest BCUT2D eigenvalue weighted by Crippen LogP contribution is 2.28. The quantitative estimate of drug-likeness (QED) is 0.540. The first-order valence-electron chi connectivity index (χ1n) is 10.4. The predicted molar refractivity (Wildman–Crippen MR) is 126 cm³/mol. The Hall–Kier alpha value is -2.28. The van der Waals surface area contributed by atoms with Crippen molar-refractivity contribution >= 4 is 46.4 Å². The molecular formula is C23H27Cl2N3O3. The minimum absolute atomic E-state index is 0.165. The lowest BCUT2D eigenvalue weighted by atomic mass is 10.1. The van der Waals surface area contributed by atoms with Crippen LogP contribution in [-0.2, 0) is 4.74 Å². The fourth-order valence-electron chi connectivity index (χ4n) is 3.56. The van der Waals surface area contributed by atoms with Gasteiger partial charge in [-0.05, 0) is 62.1 Å². The molecule has 3 rings (SSSR count). The number of amides is 2. The molecule has 1 fully saturated rings. The average Bonchev–Trinajstić information content (AvgIpc) is 2.79. The third-order valence-electron chi connectivity index (χ3n) is 5.19. The molecule has 0 bridgehead atoms. The van der Waals surface area contributed by atoms with E-state index in [1.54, 1.807) is 25.3 Å². The van der Waals surface area contributed by atoms with E-state index in [1.165, 1.54) is 12.5 Å². The van der Waals surface area contributed by atoms with Crippen molar-refractivity contribution in [2.75, 3.05) is 43.6 Å². The van der Waals surface area contributed by atoms with Crippen LogP contribution in [0.4, 0.5) is 11.4 Å². The summed E-state index contributed by atoms with van der Waals surface area (Å²) in [6.07, 6.45) is 4.14. The number of hydrogen-bond donors (Lipinski definition) is 2. The van der Waals surface area contributed by atoms with Crippen LogP contribution in [-0.4, -0.2) is 45.2 Å². The largest absolute Gasteiger partial charge is 0.385 e. The van der Waals surface area contributed by atoms with Gasteiger partial charge in [0.15, 0.2) is 0 Å². The molecule has 1 aliphatic rings. The summed E-state index contributed by atoms with van der Waals surface area (Å²) in [6, 6.07) is 10.2. The van der Waals surface area contributed by atoms with Crippen LogP contribution in [0.2, 0.25) is 10.0 Å². The van der Waals surface area contributed by atoms with Crippen molar-refractivity contribution in [3.63, 3.8) is 0 Å². The smallest absolute Gasteiger partial charge is 0.255 e. The maximum absolute atomic E-state index is 12.9. The van der Waals surface area contributed by atoms with Gasteiger partial charge in [-0.2, -0.15) is 0 Å². The summed E-state index contributed by atoms with van der Waals surface area (Å²) in [5.74, 6) is -0.488. The molecular weight excluding hydrogens is 437 g/mol. The lowest BCUT2D eigenvalue weighted by Gasteiger charge is -2.30. The molecule has 1 heterocycles. The molecule has 0 unspecified atom stereocenters. The highest BCUT2D eigenvalue weighted by Gasteiger charge is 2.20. The summed E-state index contributed by atoms with van der Waals surface area (Å²) in [5, 5.41) is 6.49. The molecule has 0 aliphatic carbocycles. The van der Waals surface area contributed by atoms with Crippen molar-refractivity contribution in [2.45, 2.75) is 25.7 Å². The molecule has 0 radical (unpaired) electrons. The summed E-state index contributed by atoms with van der Waals surface area (Å²) in [6.45, 7) is 2.93. The van der Waals surface area contributed by atoms with Crippen molar-refractivity contribution < 1.29 is 14.3 Å². The molecule has 0 saturated carbocycles. The molecule has 2 aromatic carbocycles. The molecule has 2 amide bonds. The van der Waals surface area contributed by atoms with Crippen LogP contribution in [0.5, 0.6) is 0 Å². The van der Waals surface area contributed by atoms with Gasteiger partial charge in [0.2, 0.25) is 0 Å². The van der Waals surface area contributed by atoms with E-state index in [4.69, 9.17) is 27.9 Å². The summed E-state index contributed by atoms with van der Waals surface area (Å²) < 4.78 is 5.04. The number of benzene rings is 2. The second kappa shape index (κ2) is 11.4. The number of nitrogens with zero attached hydrogens (tertiary/aromatic N) is 1. The number of carbonyl (C=O) groups is 2. The van der Waals surface area contributed by atoms with E-state index >= 15 is 0 Å². The highest BCUT2D eigenvalue weighted by molar-refractivity contribution is 6.42. The van der Waals surface area contributed by atoms with E-state index in [-0.39, 0.29) is 11.8 Å². The zero-order chi connectivity index (χ0) is 22.2. The summed E-state index contributed by atoms with van der Waals surface area (Å²) in [5.41, 5.74) is 2.36. The average molecular weight is 464 g/mol. The van der Waals surface area contributed by atoms with Gasteiger partial charge in [0, 0.05) is 50.3 Å². The van der Waals surface area contributed by atoms with Gasteiger partial charge in [-0.25, -0.2) is 0 Å². The van der Waals surface area contributed by atoms with Crippen molar-refractivity contribution in [1.82, 2.24) is 5.32 Å². The normalized spacial score (nSPS) is 13.7. The first kappa shape index (κ1) is 23.4. The second-order valence-corrected chi connectivity index (χ2v) is 8.28. The van der Waals surface area contributed by atoms with Gasteiger partial charge in [0.05, 0.1) is 15.6 Å². The number of piperidine rings is 1. The van der Waals surface area contributed by atoms with E-state index in [2.05, 4.69) is 15.5 Å². The van der Waals surface area contributed by atoms with Crippen molar-refractivity contribution in [1.29, 1.82) is 0 Å². The highest BCUT2D eigenvalue weighted by atomic mass is 35.5. The Bertz CT molecular complexity index is 930. The molecule has 166 valence electrons. The Kier molecular flexibility index (Phi) is 8.58. The van der Waals surface area contributed by atoms with E-state index in [9.17, 15) is 9.59 Å². The molecule has 0 aromatic heterocycles. The Morgan fingerprint density at radius 1 is 1.00 bits per heavy atom. The number of hydrogen-bond acceptors (Lipinski definition) is 4. The Labute approximate surface area is 192 Å². The number of carbonyl (C=O) groups excluding carboxylic acids is 2. The monoisotopic (exact) mass is 463 g/mol. The topological polar surface area (TPSA) is 70.7 Å². The van der Waals surface area contributed by atoms with Crippen LogP contribution in [0.1, 0.15) is 46.4 Å². The van der Waals surface area contributed by atoms with Gasteiger partial charge in [-0.15, -0.1) is 0 Å². The summed E-state index contributed by atoms with van der Waals surface area (Å²) in [4.78, 5) is 27.8. The first-order chi connectivity index (χ1) is 15.0. The number of ether oxygens (including phenoxy) is 1. The van der Waals surface area contributed by atoms with Crippen molar-refractivity contribution in [2.24, 2.45) is 0 Å². The first-order valence-corrected chi connectivity index (χ1v) is 11.2. The zero-order valence-corrected chi connectivity index (χ0v) is 19.1. The van der Waals surface area contributed by atoms with Gasteiger partial charge >= 0.3 is 0 Å². The van der Waals surface area contributed by atoms with Crippen molar-refractivity contribution in [3.05, 3.63) is 57.6 Å². The van der Waals surface area contributed by atoms with E-state index in [0.29, 0.717) is 40.0 Å². The number of halogens is 2. The van der Waals surface area contributed by atoms with Gasteiger partial charge < -0.3 is 20.3 Å². The van der Waals surface area contributed by atoms with Crippen LogP contribution in [0.25, 0.3) is 0 Å². The number of anilines is 2. The van der Waals surface area contributed by atoms with Crippen LogP contribution >= 0.6 is 23.2 Å². The fourth-order valence-corrected chi connectivity index (χ4v) is 3.86. The van der Waals surface area contributed by atoms with E-state index in [1.807, 2.05) is 12.1 Å². The van der Waals surface area contributed by atoms with Gasteiger partial charge in [0.1, 0.15) is 0 Å². The van der Waals surface area contributed by atoms with Gasteiger partial charge in [-0.3, -0.25) is 9.59 Å². The third-order valence-corrected chi connectivity index (χ3v) is 5.93. The molecule has 0 spiro atoms. The Balaban J connectivity index is 1.81. The standard InChI is InChI=1S/C23H27Cl2N3O3/c1-31-13-5-10-26-23(30)18-15-17(7-9-21(18)28-11-3-2-4-12-28)27-22(29)16-6-8-19(24)20(25)14-16/h6-9,14-15H,2-5,10-13H2,1H3,(H,26,30)(H,27,29). The van der Waals surface area contributed by atoms with Gasteiger partial charge in [-0.1, -0.05) is 23.2 Å². The van der Waals surface area contributed by atoms with Gasteiger partial charge in [0.25, 0.3) is 11.8 Å². The molecule has 8 heteroatoms. The second-order valence-electron chi connectivity index (χ2n) is 7.46. The molecule has 2 N–H and O–H groups in total. The minimum atomic E-state index is -0.323. The molecule has 2 aromatic rings. The van der Waals surface area contributed by atoms with E-state index < -0.39 is 0 Å². The summed E-state index contributed by atoms with van der Waals surface area (Å²) in [7, 11) is 1.64.